The number of methoxy groups -OCH3 is 1. The molecule has 5 heteroatoms. The topological polar surface area (TPSA) is 24.5 Å². The van der Waals surface area contributed by atoms with Gasteiger partial charge in [-0.1, -0.05) is 35.9 Å². The molecule has 1 heterocycles. The van der Waals surface area contributed by atoms with Crippen molar-refractivity contribution in [2.75, 3.05) is 31.6 Å². The SMILES string of the molecule is COCCCCCNC1c2ccc(Cl)cc2SN(C)c2ccccc21. The van der Waals surface area contributed by atoms with Gasteiger partial charge in [0.15, 0.2) is 0 Å². The third-order valence-electron chi connectivity index (χ3n) is 4.48. The zero-order valence-corrected chi connectivity index (χ0v) is 16.4. The third-order valence-corrected chi connectivity index (χ3v) is 5.74. The van der Waals surface area contributed by atoms with E-state index in [9.17, 15) is 0 Å². The number of fused-ring (bicyclic) bond motifs is 2. The van der Waals surface area contributed by atoms with Crippen LogP contribution in [0.5, 0.6) is 0 Å². The van der Waals surface area contributed by atoms with Gasteiger partial charge in [0.2, 0.25) is 0 Å². The lowest BCUT2D eigenvalue weighted by atomic mass is 9.96. The van der Waals surface area contributed by atoms with Crippen LogP contribution in [0.2, 0.25) is 5.02 Å². The molecular formula is C20H25ClN2OS. The van der Waals surface area contributed by atoms with Crippen molar-refractivity contribution in [1.29, 1.82) is 0 Å². The number of benzene rings is 2. The molecule has 0 aromatic heterocycles. The fourth-order valence-corrected chi connectivity index (χ4v) is 4.49. The highest BCUT2D eigenvalue weighted by Crippen LogP contribution is 2.43. The largest absolute Gasteiger partial charge is 0.385 e. The zero-order valence-electron chi connectivity index (χ0n) is 14.8. The zero-order chi connectivity index (χ0) is 17.6. The standard InChI is InChI=1S/C20H25ClN2OS/c1-23-18-9-5-4-8-16(18)20(22-12-6-3-7-13-24-2)17-11-10-15(21)14-19(17)25-23/h4-5,8-11,14,20,22H,3,6-7,12-13H2,1-2H3. The number of ether oxygens (including phenoxy) is 1. The Bertz CT molecular complexity index is 710. The van der Waals surface area contributed by atoms with Gasteiger partial charge in [0.25, 0.3) is 0 Å². The summed E-state index contributed by atoms with van der Waals surface area (Å²) < 4.78 is 7.36. The molecule has 1 aliphatic rings. The molecule has 0 amide bonds. The van der Waals surface area contributed by atoms with Crippen molar-refractivity contribution in [2.45, 2.75) is 30.2 Å². The maximum absolute atomic E-state index is 6.25. The lowest BCUT2D eigenvalue weighted by Crippen LogP contribution is -2.24. The van der Waals surface area contributed by atoms with Crippen LogP contribution in [0.25, 0.3) is 0 Å². The second-order valence-corrected chi connectivity index (χ2v) is 7.88. The fraction of sp³-hybridized carbons (Fsp3) is 0.400. The van der Waals surface area contributed by atoms with Crippen LogP contribution in [0.4, 0.5) is 5.69 Å². The quantitative estimate of drug-likeness (QED) is 0.524. The van der Waals surface area contributed by atoms with Gasteiger partial charge in [-0.2, -0.15) is 0 Å². The number of para-hydroxylation sites is 1. The summed E-state index contributed by atoms with van der Waals surface area (Å²) in [6.45, 7) is 1.83. The van der Waals surface area contributed by atoms with Crippen molar-refractivity contribution in [3.8, 4) is 0 Å². The first-order chi connectivity index (χ1) is 12.2. The van der Waals surface area contributed by atoms with Crippen LogP contribution in [0.15, 0.2) is 47.4 Å². The van der Waals surface area contributed by atoms with Crippen molar-refractivity contribution in [1.82, 2.24) is 5.32 Å². The van der Waals surface area contributed by atoms with E-state index in [4.69, 9.17) is 16.3 Å². The first-order valence-corrected chi connectivity index (χ1v) is 9.88. The van der Waals surface area contributed by atoms with Gasteiger partial charge in [-0.25, -0.2) is 0 Å². The summed E-state index contributed by atoms with van der Waals surface area (Å²) in [4.78, 5) is 1.21. The molecule has 3 nitrogen and oxygen atoms in total. The minimum Gasteiger partial charge on any atom is -0.385 e. The number of hydrogen-bond donors (Lipinski definition) is 1. The van der Waals surface area contributed by atoms with Crippen LogP contribution >= 0.6 is 23.5 Å². The minimum absolute atomic E-state index is 0.184. The number of nitrogens with zero attached hydrogens (tertiary/aromatic N) is 1. The Kier molecular flexibility index (Phi) is 6.65. The van der Waals surface area contributed by atoms with Crippen molar-refractivity contribution in [3.05, 3.63) is 58.6 Å². The number of unbranched alkanes of at least 4 members (excludes halogenated alkanes) is 2. The molecule has 0 fully saturated rings. The van der Waals surface area contributed by atoms with E-state index in [1.54, 1.807) is 19.1 Å². The Morgan fingerprint density at radius 1 is 1.12 bits per heavy atom. The van der Waals surface area contributed by atoms with Crippen LogP contribution in [-0.2, 0) is 4.74 Å². The van der Waals surface area contributed by atoms with Gasteiger partial charge >= 0.3 is 0 Å². The first-order valence-electron chi connectivity index (χ1n) is 8.73. The molecule has 0 saturated carbocycles. The molecule has 0 aliphatic carbocycles. The van der Waals surface area contributed by atoms with Crippen molar-refractivity contribution in [3.63, 3.8) is 0 Å². The molecule has 2 aromatic carbocycles. The van der Waals surface area contributed by atoms with E-state index in [1.165, 1.54) is 28.1 Å². The maximum atomic E-state index is 6.25. The van der Waals surface area contributed by atoms with Gasteiger partial charge in [-0.3, -0.25) is 0 Å². The molecular weight excluding hydrogens is 352 g/mol. The molecule has 2 aromatic rings. The lowest BCUT2D eigenvalue weighted by Gasteiger charge is -2.22. The molecule has 1 atom stereocenters. The van der Waals surface area contributed by atoms with Gasteiger partial charge in [-0.15, -0.1) is 0 Å². The van der Waals surface area contributed by atoms with Crippen LogP contribution in [0, 0.1) is 0 Å². The summed E-state index contributed by atoms with van der Waals surface area (Å²) in [6, 6.07) is 15.0. The van der Waals surface area contributed by atoms with E-state index in [2.05, 4.69) is 53.1 Å². The summed E-state index contributed by atoms with van der Waals surface area (Å²) in [5.74, 6) is 0. The normalized spacial score (nSPS) is 16.3. The summed E-state index contributed by atoms with van der Waals surface area (Å²) in [6.07, 6.45) is 3.44. The van der Waals surface area contributed by atoms with Crippen LogP contribution in [-0.4, -0.2) is 27.3 Å². The number of hydrogen-bond acceptors (Lipinski definition) is 4. The van der Waals surface area contributed by atoms with Gasteiger partial charge in [-0.05, 0) is 67.1 Å². The van der Waals surface area contributed by atoms with Crippen molar-refractivity contribution >= 4 is 29.2 Å². The molecule has 1 unspecified atom stereocenters. The highest BCUT2D eigenvalue weighted by atomic mass is 35.5. The van der Waals surface area contributed by atoms with Gasteiger partial charge in [0.1, 0.15) is 0 Å². The maximum Gasteiger partial charge on any atom is 0.0609 e. The first kappa shape index (κ1) is 18.6. The van der Waals surface area contributed by atoms with Crippen LogP contribution < -0.4 is 9.62 Å². The second kappa shape index (κ2) is 8.95. The molecule has 25 heavy (non-hydrogen) atoms. The summed E-state index contributed by atoms with van der Waals surface area (Å²) >= 11 is 7.98. The molecule has 0 saturated heterocycles. The van der Waals surface area contributed by atoms with E-state index < -0.39 is 0 Å². The Morgan fingerprint density at radius 3 is 2.80 bits per heavy atom. The molecule has 0 bridgehead atoms. The van der Waals surface area contributed by atoms with Gasteiger partial charge in [0, 0.05) is 30.7 Å². The monoisotopic (exact) mass is 376 g/mol. The van der Waals surface area contributed by atoms with E-state index in [0.29, 0.717) is 0 Å². The predicted octanol–water partition coefficient (Wildman–Crippen LogP) is 5.29. The molecule has 0 radical (unpaired) electrons. The molecule has 3 rings (SSSR count). The molecule has 0 spiro atoms. The molecule has 1 aliphatic heterocycles. The highest BCUT2D eigenvalue weighted by Gasteiger charge is 2.26. The smallest absolute Gasteiger partial charge is 0.0609 e. The third kappa shape index (κ3) is 4.50. The molecule has 134 valence electrons. The van der Waals surface area contributed by atoms with E-state index in [0.717, 1.165) is 31.0 Å². The fourth-order valence-electron chi connectivity index (χ4n) is 3.22. The number of halogens is 1. The van der Waals surface area contributed by atoms with Crippen molar-refractivity contribution in [2.24, 2.45) is 0 Å². The summed E-state index contributed by atoms with van der Waals surface area (Å²) in [5.41, 5.74) is 3.86. The predicted molar refractivity (Wildman–Crippen MR) is 108 cm³/mol. The molecule has 1 N–H and O–H groups in total. The lowest BCUT2D eigenvalue weighted by molar-refractivity contribution is 0.192. The Balaban J connectivity index is 1.83. The average molecular weight is 377 g/mol. The van der Waals surface area contributed by atoms with E-state index >= 15 is 0 Å². The number of rotatable bonds is 7. The summed E-state index contributed by atoms with van der Waals surface area (Å²) in [5, 5.41) is 4.55. The second-order valence-electron chi connectivity index (χ2n) is 6.27. The van der Waals surface area contributed by atoms with Crippen molar-refractivity contribution < 1.29 is 4.74 Å². The Labute approximate surface area is 159 Å². The number of anilines is 1. The van der Waals surface area contributed by atoms with Crippen LogP contribution in [0.3, 0.4) is 0 Å². The van der Waals surface area contributed by atoms with Crippen LogP contribution in [0.1, 0.15) is 36.4 Å². The highest BCUT2D eigenvalue weighted by molar-refractivity contribution is 8.00. The van der Waals surface area contributed by atoms with Gasteiger partial charge in [0.05, 0.1) is 11.7 Å². The minimum atomic E-state index is 0.184. The number of nitrogens with one attached hydrogen (secondary N) is 1. The summed E-state index contributed by atoms with van der Waals surface area (Å²) in [7, 11) is 3.87. The van der Waals surface area contributed by atoms with Gasteiger partial charge < -0.3 is 14.4 Å². The Morgan fingerprint density at radius 2 is 1.96 bits per heavy atom. The average Bonchev–Trinajstić information content (AvgIpc) is 2.73. The van der Waals surface area contributed by atoms with E-state index in [-0.39, 0.29) is 6.04 Å². The Hall–Kier alpha value is -1.20. The van der Waals surface area contributed by atoms with E-state index in [1.807, 2.05) is 6.07 Å².